The van der Waals surface area contributed by atoms with Crippen molar-refractivity contribution in [3.05, 3.63) is 81.2 Å². The lowest BCUT2D eigenvalue weighted by molar-refractivity contribution is -0.146. The minimum absolute atomic E-state index is 0.0725. The molecule has 0 saturated heterocycles. The summed E-state index contributed by atoms with van der Waals surface area (Å²) in [6, 6.07) is 15.1. The standard InChI is InChI=1S/C23H22O4/c1-2-19(15-7-4-3-5-8-15)23(25)26-14-18-13-22(24)27-21-12-17-10-6-9-16(17)11-20(18)21/h3-5,7-8,11-13,19H,2,6,9-10,14H2,1H3. The Hall–Kier alpha value is -2.88. The van der Waals surface area contributed by atoms with Gasteiger partial charge >= 0.3 is 11.6 Å². The van der Waals surface area contributed by atoms with E-state index in [0.717, 1.165) is 30.2 Å². The number of hydrogen-bond donors (Lipinski definition) is 0. The molecule has 0 N–H and O–H groups in total. The number of esters is 1. The highest BCUT2D eigenvalue weighted by molar-refractivity contribution is 5.83. The van der Waals surface area contributed by atoms with Crippen LogP contribution in [0.15, 0.2) is 57.7 Å². The molecule has 27 heavy (non-hydrogen) atoms. The Morgan fingerprint density at radius 3 is 2.59 bits per heavy atom. The van der Waals surface area contributed by atoms with Crippen molar-refractivity contribution in [2.75, 3.05) is 0 Å². The summed E-state index contributed by atoms with van der Waals surface area (Å²) >= 11 is 0. The molecule has 1 heterocycles. The Kier molecular flexibility index (Phi) is 4.80. The zero-order valence-corrected chi connectivity index (χ0v) is 15.4. The predicted molar refractivity (Wildman–Crippen MR) is 104 cm³/mol. The number of rotatable bonds is 5. The van der Waals surface area contributed by atoms with Crippen LogP contribution in [0.25, 0.3) is 11.0 Å². The Balaban J connectivity index is 1.60. The van der Waals surface area contributed by atoms with Crippen molar-refractivity contribution >= 4 is 16.9 Å². The molecule has 0 fully saturated rings. The van der Waals surface area contributed by atoms with E-state index < -0.39 is 5.63 Å². The van der Waals surface area contributed by atoms with Gasteiger partial charge in [-0.15, -0.1) is 0 Å². The van der Waals surface area contributed by atoms with Crippen LogP contribution in [-0.2, 0) is 29.0 Å². The molecule has 0 saturated carbocycles. The molecule has 3 aromatic rings. The first kappa shape index (κ1) is 17.5. The fourth-order valence-corrected chi connectivity index (χ4v) is 3.89. The molecule has 1 aromatic heterocycles. The molecule has 1 aliphatic carbocycles. The molecule has 0 amide bonds. The number of aryl methyl sites for hydroxylation is 2. The van der Waals surface area contributed by atoms with E-state index in [1.165, 1.54) is 17.2 Å². The highest BCUT2D eigenvalue weighted by Gasteiger charge is 2.21. The summed E-state index contributed by atoms with van der Waals surface area (Å²) < 4.78 is 11.0. The average molecular weight is 362 g/mol. The van der Waals surface area contributed by atoms with Gasteiger partial charge < -0.3 is 9.15 Å². The summed E-state index contributed by atoms with van der Waals surface area (Å²) in [5.41, 5.74) is 4.34. The first-order valence-corrected chi connectivity index (χ1v) is 9.46. The van der Waals surface area contributed by atoms with E-state index in [9.17, 15) is 9.59 Å². The Bertz CT molecular complexity index is 1030. The van der Waals surface area contributed by atoms with Gasteiger partial charge in [0.05, 0.1) is 5.92 Å². The zero-order chi connectivity index (χ0) is 18.8. The second kappa shape index (κ2) is 7.39. The monoisotopic (exact) mass is 362 g/mol. The predicted octanol–water partition coefficient (Wildman–Crippen LogP) is 4.52. The van der Waals surface area contributed by atoms with E-state index in [1.54, 1.807) is 0 Å². The van der Waals surface area contributed by atoms with Gasteiger partial charge in [-0.2, -0.15) is 0 Å². The molecular formula is C23H22O4. The smallest absolute Gasteiger partial charge is 0.336 e. The van der Waals surface area contributed by atoms with Gasteiger partial charge in [0.2, 0.25) is 0 Å². The molecule has 0 bridgehead atoms. The van der Waals surface area contributed by atoms with Crippen molar-refractivity contribution in [3.8, 4) is 0 Å². The van der Waals surface area contributed by atoms with Crippen molar-refractivity contribution in [2.24, 2.45) is 0 Å². The first-order chi connectivity index (χ1) is 13.2. The van der Waals surface area contributed by atoms with Crippen LogP contribution in [0.1, 0.15) is 47.9 Å². The van der Waals surface area contributed by atoms with Crippen molar-refractivity contribution in [1.82, 2.24) is 0 Å². The second-order valence-electron chi connectivity index (χ2n) is 7.04. The summed E-state index contributed by atoms with van der Waals surface area (Å²) in [6.45, 7) is 2.04. The quantitative estimate of drug-likeness (QED) is 0.495. The lowest BCUT2D eigenvalue weighted by Crippen LogP contribution is -2.16. The number of carbonyl (C=O) groups excluding carboxylic acids is 1. The molecule has 0 spiro atoms. The van der Waals surface area contributed by atoms with Gasteiger partial charge in [-0.3, -0.25) is 4.79 Å². The van der Waals surface area contributed by atoms with Gasteiger partial charge in [0, 0.05) is 17.0 Å². The molecule has 4 rings (SSSR count). The summed E-state index contributed by atoms with van der Waals surface area (Å²) in [5.74, 6) is -0.576. The van der Waals surface area contributed by atoms with Gasteiger partial charge in [0.1, 0.15) is 12.2 Å². The van der Waals surface area contributed by atoms with Crippen LogP contribution in [0, 0.1) is 0 Å². The van der Waals surface area contributed by atoms with Crippen LogP contribution in [-0.4, -0.2) is 5.97 Å². The van der Waals surface area contributed by atoms with E-state index in [1.807, 2.05) is 43.3 Å². The zero-order valence-electron chi connectivity index (χ0n) is 15.4. The summed E-state index contributed by atoms with van der Waals surface area (Å²) in [5, 5.41) is 0.857. The minimum atomic E-state index is -0.415. The maximum atomic E-state index is 12.6. The topological polar surface area (TPSA) is 56.5 Å². The highest BCUT2D eigenvalue weighted by Crippen LogP contribution is 2.29. The third kappa shape index (κ3) is 3.52. The Morgan fingerprint density at radius 1 is 1.11 bits per heavy atom. The Morgan fingerprint density at radius 2 is 1.85 bits per heavy atom. The van der Waals surface area contributed by atoms with Crippen LogP contribution in [0.3, 0.4) is 0 Å². The number of benzene rings is 2. The van der Waals surface area contributed by atoms with E-state index in [4.69, 9.17) is 9.15 Å². The largest absolute Gasteiger partial charge is 0.460 e. The van der Waals surface area contributed by atoms with Gasteiger partial charge in [-0.05, 0) is 54.5 Å². The molecule has 2 aromatic carbocycles. The summed E-state index contributed by atoms with van der Waals surface area (Å²) in [7, 11) is 0. The van der Waals surface area contributed by atoms with Gasteiger partial charge in [-0.25, -0.2) is 4.79 Å². The van der Waals surface area contributed by atoms with Gasteiger partial charge in [-0.1, -0.05) is 37.3 Å². The first-order valence-electron chi connectivity index (χ1n) is 9.46. The van der Waals surface area contributed by atoms with Crippen LogP contribution in [0.5, 0.6) is 0 Å². The molecule has 1 atom stereocenters. The Labute approximate surface area is 157 Å². The molecule has 1 unspecified atom stereocenters. The van der Waals surface area contributed by atoms with Gasteiger partial charge in [0.15, 0.2) is 0 Å². The van der Waals surface area contributed by atoms with Crippen LogP contribution >= 0.6 is 0 Å². The van der Waals surface area contributed by atoms with Crippen LogP contribution in [0.2, 0.25) is 0 Å². The number of ether oxygens (including phenoxy) is 1. The summed E-state index contributed by atoms with van der Waals surface area (Å²) in [4.78, 5) is 24.6. The normalized spacial score (nSPS) is 14.1. The maximum Gasteiger partial charge on any atom is 0.336 e. The fraction of sp³-hybridized carbons (Fsp3) is 0.304. The van der Waals surface area contributed by atoms with E-state index in [0.29, 0.717) is 17.6 Å². The molecule has 1 aliphatic rings. The van der Waals surface area contributed by atoms with Crippen LogP contribution in [0.4, 0.5) is 0 Å². The lowest BCUT2D eigenvalue weighted by Gasteiger charge is -2.15. The molecule has 4 heteroatoms. The lowest BCUT2D eigenvalue weighted by atomic mass is 9.97. The fourth-order valence-electron chi connectivity index (χ4n) is 3.89. The van der Waals surface area contributed by atoms with Crippen molar-refractivity contribution in [3.63, 3.8) is 0 Å². The molecule has 0 radical (unpaired) electrons. The molecule has 0 aliphatic heterocycles. The number of fused-ring (bicyclic) bond motifs is 2. The van der Waals surface area contributed by atoms with E-state index in [2.05, 4.69) is 6.07 Å². The van der Waals surface area contributed by atoms with E-state index >= 15 is 0 Å². The summed E-state index contributed by atoms with van der Waals surface area (Å²) in [6.07, 6.45) is 3.84. The molecule has 4 nitrogen and oxygen atoms in total. The maximum absolute atomic E-state index is 12.6. The van der Waals surface area contributed by atoms with Crippen LogP contribution < -0.4 is 5.63 Å². The van der Waals surface area contributed by atoms with Crippen molar-refractivity contribution in [2.45, 2.75) is 45.1 Å². The van der Waals surface area contributed by atoms with E-state index in [-0.39, 0.29) is 18.5 Å². The minimum Gasteiger partial charge on any atom is -0.460 e. The highest BCUT2D eigenvalue weighted by atomic mass is 16.5. The molecule has 138 valence electrons. The van der Waals surface area contributed by atoms with Gasteiger partial charge in [0.25, 0.3) is 0 Å². The SMILES string of the molecule is CCC(C(=O)OCc1cc(=O)oc2cc3c(cc12)CCC3)c1ccccc1. The number of carbonyl (C=O) groups is 1. The van der Waals surface area contributed by atoms with Crippen molar-refractivity contribution < 1.29 is 13.9 Å². The average Bonchev–Trinajstić information content (AvgIpc) is 3.13. The number of hydrogen-bond acceptors (Lipinski definition) is 4. The third-order valence-electron chi connectivity index (χ3n) is 5.31. The van der Waals surface area contributed by atoms with Crippen molar-refractivity contribution in [1.29, 1.82) is 0 Å². The second-order valence-corrected chi connectivity index (χ2v) is 7.04. The molecular weight excluding hydrogens is 340 g/mol. The third-order valence-corrected chi connectivity index (χ3v) is 5.31.